The van der Waals surface area contributed by atoms with E-state index in [2.05, 4.69) is 11.2 Å². The van der Waals surface area contributed by atoms with Crippen molar-refractivity contribution in [1.29, 1.82) is 0 Å². The second-order valence-electron chi connectivity index (χ2n) is 4.97. The molecular formula is C16H11ClN2OS. The first kappa shape index (κ1) is 12.9. The summed E-state index contributed by atoms with van der Waals surface area (Å²) in [7, 11) is 0. The monoisotopic (exact) mass is 314 g/mol. The molecule has 0 saturated carbocycles. The van der Waals surface area contributed by atoms with E-state index in [1.807, 2.05) is 30.3 Å². The highest BCUT2D eigenvalue weighted by atomic mass is 35.5. The first-order chi connectivity index (χ1) is 10.2. The maximum Gasteiger partial charge on any atom is 0.257 e. The third kappa shape index (κ3) is 2.06. The van der Waals surface area contributed by atoms with Crippen molar-refractivity contribution in [2.45, 2.75) is 4.90 Å². The lowest BCUT2D eigenvalue weighted by molar-refractivity contribution is -0.119. The molecule has 0 bridgehead atoms. The van der Waals surface area contributed by atoms with Gasteiger partial charge in [-0.25, -0.2) is 0 Å². The molecule has 0 N–H and O–H groups in total. The van der Waals surface area contributed by atoms with Gasteiger partial charge in [-0.05, 0) is 30.3 Å². The molecule has 2 heterocycles. The van der Waals surface area contributed by atoms with Gasteiger partial charge in [0, 0.05) is 21.2 Å². The van der Waals surface area contributed by atoms with Crippen LogP contribution < -0.4 is 5.01 Å². The second kappa shape index (κ2) is 4.90. The van der Waals surface area contributed by atoms with Gasteiger partial charge in [0.1, 0.15) is 0 Å². The summed E-state index contributed by atoms with van der Waals surface area (Å²) in [6, 6.07) is 15.3. The molecule has 2 aliphatic rings. The highest BCUT2D eigenvalue weighted by Crippen LogP contribution is 2.38. The maximum atomic E-state index is 12.6. The zero-order chi connectivity index (χ0) is 14.4. The number of carbonyl (C=O) groups excluding carboxylic acids is 1. The van der Waals surface area contributed by atoms with E-state index in [9.17, 15) is 4.79 Å². The fourth-order valence-corrected chi connectivity index (χ4v) is 3.90. The topological polar surface area (TPSA) is 32.7 Å². The quantitative estimate of drug-likeness (QED) is 0.801. The highest BCUT2D eigenvalue weighted by Gasteiger charge is 2.40. The molecule has 0 spiro atoms. The smallest absolute Gasteiger partial charge is 0.257 e. The van der Waals surface area contributed by atoms with Crippen LogP contribution in [0.5, 0.6) is 0 Å². The molecule has 2 aromatic carbocycles. The normalized spacial score (nSPS) is 20.0. The minimum Gasteiger partial charge on any atom is -0.272 e. The molecule has 0 aliphatic carbocycles. The van der Waals surface area contributed by atoms with Crippen molar-refractivity contribution in [2.24, 2.45) is 11.0 Å². The van der Waals surface area contributed by atoms with Crippen molar-refractivity contribution < 1.29 is 4.79 Å². The van der Waals surface area contributed by atoms with E-state index in [0.717, 1.165) is 22.7 Å². The summed E-state index contributed by atoms with van der Waals surface area (Å²) < 4.78 is 0. The lowest BCUT2D eigenvalue weighted by atomic mass is 9.98. The molecule has 2 aliphatic heterocycles. The Morgan fingerprint density at radius 2 is 1.90 bits per heavy atom. The van der Waals surface area contributed by atoms with Crippen LogP contribution >= 0.6 is 23.4 Å². The van der Waals surface area contributed by atoms with Gasteiger partial charge in [-0.1, -0.05) is 29.8 Å². The van der Waals surface area contributed by atoms with Crippen molar-refractivity contribution in [3.05, 3.63) is 59.1 Å². The Balaban J connectivity index is 1.79. The van der Waals surface area contributed by atoms with Gasteiger partial charge >= 0.3 is 0 Å². The Hall–Kier alpha value is -1.78. The molecule has 5 heteroatoms. The molecule has 104 valence electrons. The zero-order valence-electron chi connectivity index (χ0n) is 11.0. The molecule has 0 fully saturated rings. The molecule has 4 rings (SSSR count). The zero-order valence-corrected chi connectivity index (χ0v) is 12.6. The van der Waals surface area contributed by atoms with Crippen molar-refractivity contribution in [1.82, 2.24) is 0 Å². The number of halogens is 1. The minimum absolute atomic E-state index is 0.0364. The number of hydrogen-bond donors (Lipinski definition) is 0. The van der Waals surface area contributed by atoms with Crippen LogP contribution in [0.1, 0.15) is 5.56 Å². The lowest BCUT2D eigenvalue weighted by Gasteiger charge is -2.19. The lowest BCUT2D eigenvalue weighted by Crippen LogP contribution is -2.30. The Kier molecular flexibility index (Phi) is 3.01. The van der Waals surface area contributed by atoms with E-state index < -0.39 is 0 Å². The molecular weight excluding hydrogens is 304 g/mol. The van der Waals surface area contributed by atoms with Crippen LogP contribution in [0.4, 0.5) is 5.69 Å². The van der Waals surface area contributed by atoms with Gasteiger partial charge in [0.15, 0.2) is 0 Å². The van der Waals surface area contributed by atoms with Crippen molar-refractivity contribution >= 4 is 40.7 Å². The van der Waals surface area contributed by atoms with Gasteiger partial charge in [-0.15, -0.1) is 11.8 Å². The van der Waals surface area contributed by atoms with Crippen molar-refractivity contribution in [3.8, 4) is 0 Å². The van der Waals surface area contributed by atoms with Crippen LogP contribution in [0.15, 0.2) is 58.5 Å². The van der Waals surface area contributed by atoms with Crippen molar-refractivity contribution in [2.75, 3.05) is 10.8 Å². The molecule has 0 aromatic heterocycles. The number of nitrogens with zero attached hydrogens (tertiary/aromatic N) is 2. The first-order valence-corrected chi connectivity index (χ1v) is 8.00. The van der Waals surface area contributed by atoms with E-state index >= 15 is 0 Å². The summed E-state index contributed by atoms with van der Waals surface area (Å²) in [4.78, 5) is 13.8. The summed E-state index contributed by atoms with van der Waals surface area (Å²) in [6.07, 6.45) is 0. The highest BCUT2D eigenvalue weighted by molar-refractivity contribution is 7.99. The van der Waals surface area contributed by atoms with E-state index in [1.165, 1.54) is 9.90 Å². The van der Waals surface area contributed by atoms with E-state index in [1.54, 1.807) is 23.9 Å². The average Bonchev–Trinajstić information content (AvgIpc) is 2.86. The number of benzene rings is 2. The second-order valence-corrected chi connectivity index (χ2v) is 6.47. The predicted octanol–water partition coefficient (Wildman–Crippen LogP) is 3.81. The maximum absolute atomic E-state index is 12.6. The van der Waals surface area contributed by atoms with Gasteiger partial charge in [0.05, 0.1) is 17.3 Å². The van der Waals surface area contributed by atoms with Crippen LogP contribution in [-0.2, 0) is 4.79 Å². The Morgan fingerprint density at radius 1 is 1.14 bits per heavy atom. The minimum atomic E-state index is -0.152. The van der Waals surface area contributed by atoms with E-state index in [4.69, 9.17) is 11.6 Å². The Morgan fingerprint density at radius 3 is 2.71 bits per heavy atom. The van der Waals surface area contributed by atoms with E-state index in [0.29, 0.717) is 5.02 Å². The number of hydrazone groups is 1. The molecule has 21 heavy (non-hydrogen) atoms. The number of anilines is 1. The Labute approximate surface area is 131 Å². The molecule has 0 saturated heterocycles. The predicted molar refractivity (Wildman–Crippen MR) is 86.1 cm³/mol. The number of carbonyl (C=O) groups is 1. The summed E-state index contributed by atoms with van der Waals surface area (Å²) >= 11 is 7.62. The van der Waals surface area contributed by atoms with Gasteiger partial charge in [-0.2, -0.15) is 10.1 Å². The van der Waals surface area contributed by atoms with Gasteiger partial charge in [0.25, 0.3) is 5.91 Å². The van der Waals surface area contributed by atoms with Crippen LogP contribution in [0.25, 0.3) is 0 Å². The fourth-order valence-electron chi connectivity index (χ4n) is 2.63. The molecule has 1 atom stereocenters. The van der Waals surface area contributed by atoms with Crippen LogP contribution in [0.2, 0.25) is 5.02 Å². The standard InChI is InChI=1S/C16H11ClN2OS/c17-10-5-7-11(8-6-10)19-16(20)13-9-21-14-4-2-1-3-12(14)15(13)18-19/h1-8,13H,9H2. The molecule has 0 radical (unpaired) electrons. The summed E-state index contributed by atoms with van der Waals surface area (Å²) in [6.45, 7) is 0. The van der Waals surface area contributed by atoms with Crippen molar-refractivity contribution in [3.63, 3.8) is 0 Å². The average molecular weight is 315 g/mol. The van der Waals surface area contributed by atoms with Gasteiger partial charge in [0.2, 0.25) is 0 Å². The molecule has 2 aromatic rings. The van der Waals surface area contributed by atoms with E-state index in [-0.39, 0.29) is 11.8 Å². The Bertz CT molecular complexity index is 757. The van der Waals surface area contributed by atoms with Crippen LogP contribution in [-0.4, -0.2) is 17.4 Å². The fraction of sp³-hybridized carbons (Fsp3) is 0.125. The number of rotatable bonds is 1. The number of amides is 1. The molecule has 1 amide bonds. The third-order valence-corrected chi connectivity index (χ3v) is 5.10. The number of thioether (sulfide) groups is 1. The van der Waals surface area contributed by atoms with Crippen LogP contribution in [0.3, 0.4) is 0 Å². The number of hydrogen-bond acceptors (Lipinski definition) is 3. The molecule has 1 unspecified atom stereocenters. The van der Waals surface area contributed by atoms with Gasteiger partial charge in [-0.3, -0.25) is 4.79 Å². The van der Waals surface area contributed by atoms with Gasteiger partial charge < -0.3 is 0 Å². The summed E-state index contributed by atoms with van der Waals surface area (Å²) in [5, 5.41) is 6.72. The molecule has 3 nitrogen and oxygen atoms in total. The first-order valence-electron chi connectivity index (χ1n) is 6.64. The number of fused-ring (bicyclic) bond motifs is 3. The third-order valence-electron chi connectivity index (χ3n) is 3.68. The summed E-state index contributed by atoms with van der Waals surface area (Å²) in [5.41, 5.74) is 2.71. The largest absolute Gasteiger partial charge is 0.272 e. The van der Waals surface area contributed by atoms with Crippen LogP contribution in [0, 0.1) is 5.92 Å². The SMILES string of the molecule is O=C1C2CSc3ccccc3C2=NN1c1ccc(Cl)cc1. The summed E-state index contributed by atoms with van der Waals surface area (Å²) in [5.74, 6) is 0.633.